The molecule has 0 spiro atoms. The number of carbonyl (C=O) groups is 1. The Hall–Kier alpha value is -5.27. The molecule has 3 heterocycles. The van der Waals surface area contributed by atoms with Crippen molar-refractivity contribution in [3.05, 3.63) is 88.0 Å². The fourth-order valence-electron chi connectivity index (χ4n) is 3.25. The molecule has 0 aliphatic carbocycles. The Bertz CT molecular complexity index is 1460. The van der Waals surface area contributed by atoms with Crippen molar-refractivity contribution in [1.29, 1.82) is 5.41 Å². The number of carboxylic acids is 1. The lowest BCUT2D eigenvalue weighted by molar-refractivity contribution is -0.134. The summed E-state index contributed by atoms with van der Waals surface area (Å²) < 4.78 is 25.7. The third kappa shape index (κ3) is 6.69. The number of halogens is 1. The van der Waals surface area contributed by atoms with Gasteiger partial charge in [-0.25, -0.2) is 14.2 Å². The van der Waals surface area contributed by atoms with Crippen LogP contribution in [0.5, 0.6) is 11.8 Å². The number of H-pyrrole nitrogens is 1. The predicted octanol–water partition coefficient (Wildman–Crippen LogP) is 2.08. The second kappa shape index (κ2) is 12.1. The molecular formula is C24H25FN8O5. The number of aliphatic carboxylic acids is 1. The Morgan fingerprint density at radius 1 is 1.18 bits per heavy atom. The number of nitrogens with two attached hydrogens (primary N) is 1. The molecule has 1 aromatic carbocycles. The predicted molar refractivity (Wildman–Crippen MR) is 136 cm³/mol. The van der Waals surface area contributed by atoms with Gasteiger partial charge in [0.25, 0.3) is 5.97 Å². The minimum atomic E-state index is -0.833. The third-order valence-electron chi connectivity index (χ3n) is 4.91. The number of benzene rings is 1. The molecule has 0 saturated heterocycles. The van der Waals surface area contributed by atoms with E-state index in [-0.39, 0.29) is 29.2 Å². The van der Waals surface area contributed by atoms with Gasteiger partial charge in [0.15, 0.2) is 17.5 Å². The number of nitrogens with zero attached hydrogens (tertiary/aromatic N) is 4. The zero-order chi connectivity index (χ0) is 27.8. The lowest BCUT2D eigenvalue weighted by Gasteiger charge is -2.19. The lowest BCUT2D eigenvalue weighted by atomic mass is 10.1. The van der Waals surface area contributed by atoms with Gasteiger partial charge in [-0.1, -0.05) is 0 Å². The largest absolute Gasteiger partial charge is 0.481 e. The van der Waals surface area contributed by atoms with Gasteiger partial charge in [0.05, 0.1) is 14.2 Å². The first kappa shape index (κ1) is 27.3. The normalized spacial score (nSPS) is 11.1. The summed E-state index contributed by atoms with van der Waals surface area (Å²) >= 11 is 0. The fraction of sp³-hybridized carbons (Fsp3) is 0.167. The fourth-order valence-corrected chi connectivity index (χ4v) is 3.25. The number of anilines is 1. The summed E-state index contributed by atoms with van der Waals surface area (Å²) in [6.07, 6.45) is 1.37. The van der Waals surface area contributed by atoms with Crippen LogP contribution in [0.2, 0.25) is 0 Å². The summed E-state index contributed by atoms with van der Waals surface area (Å²) in [7, 11) is 2.93. The van der Waals surface area contributed by atoms with Gasteiger partial charge in [-0.3, -0.25) is 15.2 Å². The summed E-state index contributed by atoms with van der Waals surface area (Å²) in [6.45, 7) is 1.08. The van der Waals surface area contributed by atoms with Gasteiger partial charge in [0, 0.05) is 36.5 Å². The maximum atomic E-state index is 14.3. The van der Waals surface area contributed by atoms with Crippen molar-refractivity contribution in [2.75, 3.05) is 19.5 Å². The van der Waals surface area contributed by atoms with E-state index in [0.717, 1.165) is 11.6 Å². The molecule has 6 N–H and O–H groups in total. The van der Waals surface area contributed by atoms with E-state index >= 15 is 0 Å². The average Bonchev–Trinajstić information content (AvgIpc) is 3.27. The summed E-state index contributed by atoms with van der Waals surface area (Å²) in [5.74, 6) is -1.08. The second-order valence-electron chi connectivity index (χ2n) is 7.61. The maximum absolute atomic E-state index is 14.3. The van der Waals surface area contributed by atoms with E-state index < -0.39 is 23.5 Å². The molecule has 0 bridgehead atoms. The standard InChI is InChI=1S/C22H21FN8O3.C2H4O2/c1-33-16-10-13(11-17(28-16)34-2)18(27-14-7-5-12(6-8-14)19(24)25)20-29-22(32)31(30-20)21-15(23)4-3-9-26-21;1-2(3)4/h3-11,18,27H,1-2H3,(H3,24,25)(H,29,30,32);1H3,(H,3,4). The molecule has 0 saturated carbocycles. The van der Waals surface area contributed by atoms with Crippen molar-refractivity contribution in [2.45, 2.75) is 13.0 Å². The minimum Gasteiger partial charge on any atom is -0.481 e. The summed E-state index contributed by atoms with van der Waals surface area (Å²) in [4.78, 5) is 32.4. The summed E-state index contributed by atoms with van der Waals surface area (Å²) in [5, 5.41) is 22.6. The highest BCUT2D eigenvalue weighted by atomic mass is 19.1. The number of ether oxygens (including phenoxy) is 2. The number of carboxylic acid groups (broad SMARTS) is 1. The van der Waals surface area contributed by atoms with Crippen molar-refractivity contribution < 1.29 is 23.8 Å². The van der Waals surface area contributed by atoms with Crippen LogP contribution in [0.15, 0.2) is 59.5 Å². The summed E-state index contributed by atoms with van der Waals surface area (Å²) in [5.41, 5.74) is 6.66. The van der Waals surface area contributed by atoms with E-state index in [4.69, 9.17) is 30.5 Å². The molecule has 1 unspecified atom stereocenters. The van der Waals surface area contributed by atoms with Crippen LogP contribution >= 0.6 is 0 Å². The average molecular weight is 525 g/mol. The highest BCUT2D eigenvalue weighted by molar-refractivity contribution is 5.95. The number of hydrogen-bond acceptors (Lipinski definition) is 9. The molecule has 0 radical (unpaired) electrons. The van der Waals surface area contributed by atoms with Gasteiger partial charge >= 0.3 is 5.69 Å². The molecule has 0 aliphatic rings. The van der Waals surface area contributed by atoms with Crippen LogP contribution < -0.4 is 26.2 Å². The van der Waals surface area contributed by atoms with E-state index in [2.05, 4.69) is 25.4 Å². The monoisotopic (exact) mass is 524 g/mol. The number of aromatic amines is 1. The second-order valence-corrected chi connectivity index (χ2v) is 7.61. The highest BCUT2D eigenvalue weighted by Crippen LogP contribution is 2.29. The van der Waals surface area contributed by atoms with Gasteiger partial charge in [0.2, 0.25) is 11.8 Å². The first-order valence-corrected chi connectivity index (χ1v) is 10.9. The van der Waals surface area contributed by atoms with Crippen LogP contribution in [-0.4, -0.2) is 55.9 Å². The SMILES string of the molecule is CC(=O)O.COc1cc(C(Nc2ccc(C(=N)N)cc2)c2nn(-c3ncccc3F)c(=O)[nH]2)cc(OC)n1. The minimum absolute atomic E-state index is 0.0628. The van der Waals surface area contributed by atoms with Crippen molar-refractivity contribution in [2.24, 2.45) is 5.73 Å². The van der Waals surface area contributed by atoms with Gasteiger partial charge in [0.1, 0.15) is 11.9 Å². The zero-order valence-corrected chi connectivity index (χ0v) is 20.6. The molecule has 4 rings (SSSR count). The van der Waals surface area contributed by atoms with Crippen LogP contribution in [0.4, 0.5) is 10.1 Å². The number of pyridine rings is 2. The van der Waals surface area contributed by atoms with E-state index in [1.807, 2.05) is 0 Å². The summed E-state index contributed by atoms with van der Waals surface area (Å²) in [6, 6.07) is 12.0. The number of aromatic nitrogens is 5. The van der Waals surface area contributed by atoms with E-state index in [1.54, 1.807) is 36.4 Å². The van der Waals surface area contributed by atoms with Gasteiger partial charge in [-0.2, -0.15) is 9.67 Å². The number of nitrogen functional groups attached to an aromatic ring is 1. The van der Waals surface area contributed by atoms with Crippen LogP contribution in [0.25, 0.3) is 5.82 Å². The van der Waals surface area contributed by atoms with Crippen molar-refractivity contribution in [3.8, 4) is 17.6 Å². The lowest BCUT2D eigenvalue weighted by Crippen LogP contribution is -2.18. The molecule has 0 fully saturated rings. The smallest absolute Gasteiger partial charge is 0.349 e. The number of nitrogens with one attached hydrogen (secondary N) is 3. The zero-order valence-electron chi connectivity index (χ0n) is 20.6. The number of hydrogen-bond donors (Lipinski definition) is 5. The topological polar surface area (TPSA) is 194 Å². The highest BCUT2D eigenvalue weighted by Gasteiger charge is 2.23. The van der Waals surface area contributed by atoms with Gasteiger partial charge in [-0.05, 0) is 42.0 Å². The first-order chi connectivity index (χ1) is 18.1. The molecule has 3 aromatic heterocycles. The van der Waals surface area contributed by atoms with Crippen LogP contribution in [0.3, 0.4) is 0 Å². The molecule has 1 atom stereocenters. The maximum Gasteiger partial charge on any atom is 0.349 e. The molecule has 0 aliphatic heterocycles. The number of amidine groups is 1. The van der Waals surface area contributed by atoms with Crippen LogP contribution in [0.1, 0.15) is 29.9 Å². The number of rotatable bonds is 8. The van der Waals surface area contributed by atoms with E-state index in [1.165, 1.54) is 32.5 Å². The van der Waals surface area contributed by atoms with Gasteiger partial charge < -0.3 is 25.6 Å². The molecule has 4 aromatic rings. The molecule has 38 heavy (non-hydrogen) atoms. The molecular weight excluding hydrogens is 499 g/mol. The quantitative estimate of drug-likeness (QED) is 0.168. The number of methoxy groups -OCH3 is 2. The Kier molecular flexibility index (Phi) is 8.71. The van der Waals surface area contributed by atoms with E-state index in [0.29, 0.717) is 16.8 Å². The van der Waals surface area contributed by atoms with Crippen LogP contribution in [0, 0.1) is 11.2 Å². The Morgan fingerprint density at radius 2 is 1.79 bits per heavy atom. The van der Waals surface area contributed by atoms with Crippen molar-refractivity contribution >= 4 is 17.5 Å². The molecule has 0 amide bonds. The molecule has 13 nitrogen and oxygen atoms in total. The molecule has 14 heteroatoms. The van der Waals surface area contributed by atoms with E-state index in [9.17, 15) is 9.18 Å². The first-order valence-electron chi connectivity index (χ1n) is 10.9. The van der Waals surface area contributed by atoms with Crippen molar-refractivity contribution in [3.63, 3.8) is 0 Å². The van der Waals surface area contributed by atoms with Crippen LogP contribution in [-0.2, 0) is 4.79 Å². The molecule has 198 valence electrons. The Balaban J connectivity index is 0.000000934. The Morgan fingerprint density at radius 3 is 2.32 bits per heavy atom. The Labute approximate surface area is 215 Å². The third-order valence-corrected chi connectivity index (χ3v) is 4.91. The van der Waals surface area contributed by atoms with Crippen molar-refractivity contribution in [1.82, 2.24) is 24.7 Å². The van der Waals surface area contributed by atoms with Gasteiger partial charge in [-0.15, -0.1) is 5.10 Å².